The van der Waals surface area contributed by atoms with Crippen molar-refractivity contribution in [2.24, 2.45) is 0 Å². The van der Waals surface area contributed by atoms with Crippen LogP contribution in [0, 0.1) is 0 Å². The number of benzene rings is 2. The van der Waals surface area contributed by atoms with Crippen LogP contribution in [0.3, 0.4) is 0 Å². The summed E-state index contributed by atoms with van der Waals surface area (Å²) in [5, 5.41) is 12.5. The lowest BCUT2D eigenvalue weighted by Gasteiger charge is -2.35. The van der Waals surface area contributed by atoms with Gasteiger partial charge in [0.1, 0.15) is 18.1 Å². The molecule has 0 unspecified atom stereocenters. The summed E-state index contributed by atoms with van der Waals surface area (Å²) in [6.45, 7) is 6.05. The van der Waals surface area contributed by atoms with E-state index in [0.29, 0.717) is 0 Å². The molecule has 1 aliphatic carbocycles. The van der Waals surface area contributed by atoms with Gasteiger partial charge in [0.25, 0.3) is 0 Å². The number of carbonyl (C=O) groups is 2. The highest BCUT2D eigenvalue weighted by Gasteiger charge is 2.42. The van der Waals surface area contributed by atoms with Gasteiger partial charge in [-0.25, -0.2) is 4.68 Å². The highest BCUT2D eigenvalue weighted by molar-refractivity contribution is 5.91. The molecule has 0 bridgehead atoms. The van der Waals surface area contributed by atoms with E-state index in [2.05, 4.69) is 20.6 Å². The lowest BCUT2D eigenvalue weighted by molar-refractivity contribution is -0.143. The molecule has 2 aromatic heterocycles. The van der Waals surface area contributed by atoms with Crippen LogP contribution in [0.25, 0.3) is 21.9 Å². The van der Waals surface area contributed by atoms with E-state index in [1.807, 2.05) is 75.4 Å². The molecule has 0 aliphatic heterocycles. The zero-order chi connectivity index (χ0) is 24.6. The molecule has 1 saturated carbocycles. The number of hydrogen-bond donors (Lipinski definition) is 1. The Morgan fingerprint density at radius 3 is 2.69 bits per heavy atom. The van der Waals surface area contributed by atoms with E-state index in [1.54, 1.807) is 15.8 Å². The minimum Gasteiger partial charge on any atom is -0.349 e. The van der Waals surface area contributed by atoms with Gasteiger partial charge in [-0.15, -0.1) is 5.10 Å². The summed E-state index contributed by atoms with van der Waals surface area (Å²) < 4.78 is 1.61. The van der Waals surface area contributed by atoms with Gasteiger partial charge in [0.2, 0.25) is 11.8 Å². The molecule has 1 atom stereocenters. The fraction of sp³-hybridized carbons (Fsp3) is 0.370. The number of carbonyl (C=O) groups excluding carboxylic acids is 2. The highest BCUT2D eigenvalue weighted by Crippen LogP contribution is 2.36. The lowest BCUT2D eigenvalue weighted by atomic mass is 9.97. The van der Waals surface area contributed by atoms with Gasteiger partial charge in [-0.05, 0) is 69.0 Å². The van der Waals surface area contributed by atoms with Crippen molar-refractivity contribution in [2.75, 3.05) is 0 Å². The highest BCUT2D eigenvalue weighted by atomic mass is 16.2. The number of para-hydroxylation sites is 1. The van der Waals surface area contributed by atoms with E-state index in [-0.39, 0.29) is 24.4 Å². The number of hydrogen-bond acceptors (Lipinski definition) is 5. The molecular weight excluding hydrogens is 440 g/mol. The van der Waals surface area contributed by atoms with Crippen LogP contribution in [0.1, 0.15) is 51.6 Å². The molecule has 0 radical (unpaired) electrons. The van der Waals surface area contributed by atoms with Gasteiger partial charge in [0.05, 0.1) is 11.0 Å². The Hall–Kier alpha value is -3.81. The predicted octanol–water partition coefficient (Wildman–Crippen LogP) is 4.02. The van der Waals surface area contributed by atoms with Crippen LogP contribution in [0.2, 0.25) is 0 Å². The Labute approximate surface area is 204 Å². The molecule has 2 aromatic carbocycles. The Balaban J connectivity index is 1.54. The third-order valence-corrected chi connectivity index (χ3v) is 6.75. The summed E-state index contributed by atoms with van der Waals surface area (Å²) in [7, 11) is 0. The van der Waals surface area contributed by atoms with Crippen molar-refractivity contribution in [3.8, 4) is 0 Å². The van der Waals surface area contributed by atoms with Crippen LogP contribution in [0.4, 0.5) is 0 Å². The van der Waals surface area contributed by atoms with Crippen LogP contribution in [0.15, 0.2) is 60.8 Å². The number of nitrogens with one attached hydrogen (secondary N) is 1. The predicted molar refractivity (Wildman–Crippen MR) is 134 cm³/mol. The molecule has 0 saturated heterocycles. The first kappa shape index (κ1) is 23.0. The van der Waals surface area contributed by atoms with Crippen molar-refractivity contribution in [1.82, 2.24) is 30.2 Å². The second kappa shape index (κ2) is 9.09. The average Bonchev–Trinajstić information content (AvgIpc) is 3.62. The van der Waals surface area contributed by atoms with E-state index in [0.717, 1.165) is 46.8 Å². The number of amides is 2. The second-order valence-corrected chi connectivity index (χ2v) is 9.85. The molecule has 8 heteroatoms. The maximum absolute atomic E-state index is 13.8. The van der Waals surface area contributed by atoms with E-state index in [4.69, 9.17) is 0 Å². The first-order chi connectivity index (χ1) is 16.9. The fourth-order valence-electron chi connectivity index (χ4n) is 4.35. The van der Waals surface area contributed by atoms with Gasteiger partial charge in [0, 0.05) is 23.2 Å². The van der Waals surface area contributed by atoms with Crippen molar-refractivity contribution in [3.63, 3.8) is 0 Å². The summed E-state index contributed by atoms with van der Waals surface area (Å²) in [6.07, 6.45) is 4.27. The van der Waals surface area contributed by atoms with Gasteiger partial charge in [-0.3, -0.25) is 14.6 Å². The molecule has 0 spiro atoms. The Morgan fingerprint density at radius 1 is 1.11 bits per heavy atom. The minimum absolute atomic E-state index is 0.0161. The summed E-state index contributed by atoms with van der Waals surface area (Å²) in [5.74, 6) is -0.326. The maximum atomic E-state index is 13.8. The number of fused-ring (bicyclic) bond motifs is 2. The van der Waals surface area contributed by atoms with Crippen molar-refractivity contribution < 1.29 is 9.59 Å². The van der Waals surface area contributed by atoms with Gasteiger partial charge >= 0.3 is 0 Å². The SMILES string of the molecule is CCC(C)(C)NC(=O)[C@@H](c1ccc2ncccc2c1)N(C(=O)Cn1nnc2ccccc21)C1CC1. The van der Waals surface area contributed by atoms with Crippen LogP contribution < -0.4 is 5.32 Å². The molecule has 8 nitrogen and oxygen atoms in total. The molecule has 1 fully saturated rings. The Bertz CT molecular complexity index is 1390. The Morgan fingerprint density at radius 2 is 1.91 bits per heavy atom. The Kier molecular flexibility index (Phi) is 5.96. The van der Waals surface area contributed by atoms with Crippen LogP contribution in [-0.2, 0) is 16.1 Å². The second-order valence-electron chi connectivity index (χ2n) is 9.85. The molecule has 5 rings (SSSR count). The third kappa shape index (κ3) is 4.73. The van der Waals surface area contributed by atoms with Gasteiger partial charge < -0.3 is 10.2 Å². The van der Waals surface area contributed by atoms with Gasteiger partial charge in [0.15, 0.2) is 0 Å². The average molecular weight is 471 g/mol. The number of aromatic nitrogens is 4. The van der Waals surface area contributed by atoms with Crippen molar-refractivity contribution in [2.45, 2.75) is 64.2 Å². The number of pyridine rings is 1. The van der Waals surface area contributed by atoms with Gasteiger partial charge in [-0.1, -0.05) is 36.4 Å². The first-order valence-corrected chi connectivity index (χ1v) is 12.1. The normalized spacial score (nSPS) is 14.7. The van der Waals surface area contributed by atoms with E-state index < -0.39 is 11.6 Å². The van der Waals surface area contributed by atoms with Crippen LogP contribution in [0.5, 0.6) is 0 Å². The molecule has 2 heterocycles. The smallest absolute Gasteiger partial charge is 0.247 e. The quantitative estimate of drug-likeness (QED) is 0.420. The van der Waals surface area contributed by atoms with Crippen molar-refractivity contribution >= 4 is 33.8 Å². The number of rotatable bonds is 8. The van der Waals surface area contributed by atoms with E-state index in [1.165, 1.54) is 0 Å². The topological polar surface area (TPSA) is 93.0 Å². The molecule has 35 heavy (non-hydrogen) atoms. The largest absolute Gasteiger partial charge is 0.349 e. The first-order valence-electron chi connectivity index (χ1n) is 12.1. The standard InChI is InChI=1S/C27H30N6O2/c1-4-27(2,3)29-26(35)25(19-11-14-21-18(16-19)8-7-15-28-21)33(20-12-13-20)24(34)17-32-23-10-6-5-9-22(23)30-31-32/h5-11,14-16,20,25H,4,12-13,17H2,1-3H3,(H,29,35)/t25-/m1/s1. The van der Waals surface area contributed by atoms with Crippen LogP contribution >= 0.6 is 0 Å². The monoisotopic (exact) mass is 470 g/mol. The maximum Gasteiger partial charge on any atom is 0.247 e. The zero-order valence-electron chi connectivity index (χ0n) is 20.3. The van der Waals surface area contributed by atoms with E-state index in [9.17, 15) is 9.59 Å². The third-order valence-electron chi connectivity index (χ3n) is 6.75. The summed E-state index contributed by atoms with van der Waals surface area (Å²) in [5.41, 5.74) is 2.76. The molecule has 2 amide bonds. The van der Waals surface area contributed by atoms with E-state index >= 15 is 0 Å². The minimum atomic E-state index is -0.750. The lowest BCUT2D eigenvalue weighted by Crippen LogP contribution is -2.51. The number of nitrogens with zero attached hydrogens (tertiary/aromatic N) is 5. The van der Waals surface area contributed by atoms with Gasteiger partial charge in [-0.2, -0.15) is 0 Å². The molecule has 1 N–H and O–H groups in total. The van der Waals surface area contributed by atoms with Crippen molar-refractivity contribution in [1.29, 1.82) is 0 Å². The summed E-state index contributed by atoms with van der Waals surface area (Å²) in [6, 6.07) is 16.5. The molecular formula is C27H30N6O2. The fourth-order valence-corrected chi connectivity index (χ4v) is 4.35. The molecule has 180 valence electrons. The molecule has 4 aromatic rings. The zero-order valence-corrected chi connectivity index (χ0v) is 20.3. The molecule has 1 aliphatic rings. The summed E-state index contributed by atoms with van der Waals surface area (Å²) in [4.78, 5) is 33.8. The van der Waals surface area contributed by atoms with Crippen LogP contribution in [-0.4, -0.2) is 48.3 Å². The van der Waals surface area contributed by atoms with Crippen molar-refractivity contribution in [3.05, 3.63) is 66.4 Å². The summed E-state index contributed by atoms with van der Waals surface area (Å²) >= 11 is 0.